The molecule has 0 spiro atoms. The molecule has 0 unspecified atom stereocenters. The second kappa shape index (κ2) is 6.89. The lowest BCUT2D eigenvalue weighted by Crippen LogP contribution is -2.13. The van der Waals surface area contributed by atoms with Gasteiger partial charge in [-0.2, -0.15) is 0 Å². The summed E-state index contributed by atoms with van der Waals surface area (Å²) in [6.45, 7) is 0. The number of carbonyl (C=O) groups excluding carboxylic acids is 1. The minimum absolute atomic E-state index is 0.0185. The fourth-order valence-electron chi connectivity index (χ4n) is 3.09. The lowest BCUT2D eigenvalue weighted by molar-refractivity contribution is 0.102. The van der Waals surface area contributed by atoms with Crippen molar-refractivity contribution >= 4 is 11.9 Å². The number of aromatic hydroxyl groups is 1. The SMILES string of the molecule is COc1cc(/C=C2/CCc3cc(O)ccc3C2=O)cc(OC)c1OC. The van der Waals surface area contributed by atoms with E-state index in [9.17, 15) is 9.90 Å². The third-order valence-corrected chi connectivity index (χ3v) is 4.32. The third-order valence-electron chi connectivity index (χ3n) is 4.32. The minimum Gasteiger partial charge on any atom is -0.508 e. The molecule has 0 heterocycles. The van der Waals surface area contributed by atoms with E-state index in [1.165, 1.54) is 0 Å². The number of phenolic OH excluding ortho intramolecular Hbond substituents is 1. The lowest BCUT2D eigenvalue weighted by Gasteiger charge is -2.18. The summed E-state index contributed by atoms with van der Waals surface area (Å²) in [5.74, 6) is 1.77. The van der Waals surface area contributed by atoms with Crippen molar-refractivity contribution < 1.29 is 24.1 Å². The molecule has 0 atom stereocenters. The van der Waals surface area contributed by atoms with Gasteiger partial charge in [0.05, 0.1) is 21.3 Å². The predicted molar refractivity (Wildman–Crippen MR) is 94.8 cm³/mol. The van der Waals surface area contributed by atoms with Crippen molar-refractivity contribution in [2.45, 2.75) is 12.8 Å². The van der Waals surface area contributed by atoms with Crippen LogP contribution in [0.1, 0.15) is 27.9 Å². The molecule has 0 radical (unpaired) electrons. The first-order chi connectivity index (χ1) is 12.1. The van der Waals surface area contributed by atoms with Crippen LogP contribution in [0.15, 0.2) is 35.9 Å². The highest BCUT2D eigenvalue weighted by molar-refractivity contribution is 6.13. The van der Waals surface area contributed by atoms with Crippen LogP contribution in [0.3, 0.4) is 0 Å². The van der Waals surface area contributed by atoms with Gasteiger partial charge in [0, 0.05) is 11.1 Å². The fraction of sp³-hybridized carbons (Fsp3) is 0.250. The summed E-state index contributed by atoms with van der Waals surface area (Å²) in [4.78, 5) is 12.7. The summed E-state index contributed by atoms with van der Waals surface area (Å²) >= 11 is 0. The Morgan fingerprint density at radius 2 is 1.64 bits per heavy atom. The molecular weight excluding hydrogens is 320 g/mol. The van der Waals surface area contributed by atoms with Gasteiger partial charge in [-0.1, -0.05) is 0 Å². The maximum atomic E-state index is 12.7. The van der Waals surface area contributed by atoms with Crippen molar-refractivity contribution in [1.82, 2.24) is 0 Å². The molecule has 1 aliphatic carbocycles. The predicted octanol–water partition coefficient (Wildman–Crippen LogP) is 3.63. The van der Waals surface area contributed by atoms with Crippen LogP contribution in [0.25, 0.3) is 6.08 Å². The number of hydrogen-bond donors (Lipinski definition) is 1. The number of aryl methyl sites for hydroxylation is 1. The van der Waals surface area contributed by atoms with E-state index in [-0.39, 0.29) is 11.5 Å². The van der Waals surface area contributed by atoms with Gasteiger partial charge in [0.2, 0.25) is 5.75 Å². The van der Waals surface area contributed by atoms with E-state index in [0.717, 1.165) is 11.1 Å². The Morgan fingerprint density at radius 3 is 2.24 bits per heavy atom. The summed E-state index contributed by atoms with van der Waals surface area (Å²) in [7, 11) is 4.67. The van der Waals surface area contributed by atoms with Crippen LogP contribution in [0, 0.1) is 0 Å². The molecule has 5 nitrogen and oxygen atoms in total. The van der Waals surface area contributed by atoms with E-state index in [2.05, 4.69) is 0 Å². The van der Waals surface area contributed by atoms with E-state index in [0.29, 0.717) is 41.2 Å². The number of phenols is 1. The monoisotopic (exact) mass is 340 g/mol. The Kier molecular flexibility index (Phi) is 4.65. The summed E-state index contributed by atoms with van der Waals surface area (Å²) in [6.07, 6.45) is 3.18. The third kappa shape index (κ3) is 3.18. The Morgan fingerprint density at radius 1 is 0.960 bits per heavy atom. The van der Waals surface area contributed by atoms with E-state index >= 15 is 0 Å². The number of ether oxygens (including phenoxy) is 3. The zero-order valence-corrected chi connectivity index (χ0v) is 14.5. The molecule has 3 rings (SSSR count). The second-order valence-corrected chi connectivity index (χ2v) is 5.80. The van der Waals surface area contributed by atoms with Gasteiger partial charge >= 0.3 is 0 Å². The number of fused-ring (bicyclic) bond motifs is 1. The van der Waals surface area contributed by atoms with E-state index in [1.807, 2.05) is 18.2 Å². The Hall–Kier alpha value is -2.95. The molecule has 130 valence electrons. The maximum absolute atomic E-state index is 12.7. The summed E-state index contributed by atoms with van der Waals surface area (Å²) in [6, 6.07) is 8.50. The molecule has 0 aliphatic heterocycles. The first kappa shape index (κ1) is 16.9. The summed E-state index contributed by atoms with van der Waals surface area (Å²) in [5, 5.41) is 9.57. The van der Waals surface area contributed by atoms with Crippen molar-refractivity contribution in [2.24, 2.45) is 0 Å². The molecule has 1 aliphatic rings. The van der Waals surface area contributed by atoms with Gasteiger partial charge in [-0.3, -0.25) is 4.79 Å². The van der Waals surface area contributed by atoms with Crippen molar-refractivity contribution in [2.75, 3.05) is 21.3 Å². The zero-order valence-electron chi connectivity index (χ0n) is 14.5. The molecule has 0 amide bonds. The highest BCUT2D eigenvalue weighted by Crippen LogP contribution is 2.39. The number of methoxy groups -OCH3 is 3. The number of hydrogen-bond acceptors (Lipinski definition) is 5. The van der Waals surface area contributed by atoms with E-state index < -0.39 is 0 Å². The molecule has 0 fully saturated rings. The topological polar surface area (TPSA) is 65.0 Å². The van der Waals surface area contributed by atoms with Gasteiger partial charge in [0.25, 0.3) is 0 Å². The van der Waals surface area contributed by atoms with Crippen LogP contribution >= 0.6 is 0 Å². The van der Waals surface area contributed by atoms with Crippen LogP contribution in [-0.4, -0.2) is 32.2 Å². The van der Waals surface area contributed by atoms with Gasteiger partial charge in [-0.15, -0.1) is 0 Å². The molecule has 1 N–H and O–H groups in total. The van der Waals surface area contributed by atoms with Crippen LogP contribution in [0.2, 0.25) is 0 Å². The molecule has 25 heavy (non-hydrogen) atoms. The minimum atomic E-state index is -0.0185. The second-order valence-electron chi connectivity index (χ2n) is 5.80. The smallest absolute Gasteiger partial charge is 0.203 e. The Bertz CT molecular complexity index is 826. The quantitative estimate of drug-likeness (QED) is 0.861. The van der Waals surface area contributed by atoms with Gasteiger partial charge in [-0.05, 0) is 60.4 Å². The highest BCUT2D eigenvalue weighted by Gasteiger charge is 2.22. The molecule has 2 aromatic rings. The number of Topliss-reactive ketones (excluding diaryl/α,β-unsaturated/α-hetero) is 1. The summed E-state index contributed by atoms with van der Waals surface area (Å²) in [5.41, 5.74) is 3.04. The molecule has 2 aromatic carbocycles. The first-order valence-electron chi connectivity index (χ1n) is 7.94. The molecule has 0 aromatic heterocycles. The molecule has 0 saturated heterocycles. The van der Waals surface area contributed by atoms with E-state index in [1.54, 1.807) is 39.5 Å². The maximum Gasteiger partial charge on any atom is 0.203 e. The fourth-order valence-corrected chi connectivity index (χ4v) is 3.09. The van der Waals surface area contributed by atoms with Crippen molar-refractivity contribution in [3.63, 3.8) is 0 Å². The Balaban J connectivity index is 2.01. The average Bonchev–Trinajstić information content (AvgIpc) is 2.63. The average molecular weight is 340 g/mol. The number of allylic oxidation sites excluding steroid dienone is 1. The van der Waals surface area contributed by atoms with Gasteiger partial charge in [0.1, 0.15) is 5.75 Å². The number of rotatable bonds is 4. The van der Waals surface area contributed by atoms with Gasteiger partial charge in [-0.25, -0.2) is 0 Å². The van der Waals surface area contributed by atoms with Crippen molar-refractivity contribution in [1.29, 1.82) is 0 Å². The molecular formula is C20H20O5. The first-order valence-corrected chi connectivity index (χ1v) is 7.94. The van der Waals surface area contributed by atoms with Gasteiger partial charge in [0.15, 0.2) is 17.3 Å². The van der Waals surface area contributed by atoms with Crippen molar-refractivity contribution in [3.05, 3.63) is 52.6 Å². The lowest BCUT2D eigenvalue weighted by atomic mass is 9.86. The van der Waals surface area contributed by atoms with Crippen LogP contribution in [0.4, 0.5) is 0 Å². The highest BCUT2D eigenvalue weighted by atomic mass is 16.5. The van der Waals surface area contributed by atoms with E-state index in [4.69, 9.17) is 14.2 Å². The Labute approximate surface area is 146 Å². The van der Waals surface area contributed by atoms with Crippen LogP contribution < -0.4 is 14.2 Å². The zero-order chi connectivity index (χ0) is 18.0. The number of benzene rings is 2. The molecule has 5 heteroatoms. The van der Waals surface area contributed by atoms with Crippen molar-refractivity contribution in [3.8, 4) is 23.0 Å². The normalized spacial score (nSPS) is 15.0. The number of carbonyl (C=O) groups is 1. The van der Waals surface area contributed by atoms with Crippen LogP contribution in [0.5, 0.6) is 23.0 Å². The summed E-state index contributed by atoms with van der Waals surface area (Å²) < 4.78 is 16.0. The van der Waals surface area contributed by atoms with Gasteiger partial charge < -0.3 is 19.3 Å². The largest absolute Gasteiger partial charge is 0.508 e. The molecule has 0 bridgehead atoms. The molecule has 0 saturated carbocycles. The van der Waals surface area contributed by atoms with Crippen LogP contribution in [-0.2, 0) is 6.42 Å². The number of ketones is 1. The standard InChI is InChI=1S/C20H20O5/c1-23-17-9-12(10-18(24-2)20(17)25-3)8-14-5-4-13-11-15(21)6-7-16(13)19(14)22/h6-11,21H,4-5H2,1-3H3/b14-8-.